The zero-order valence-corrected chi connectivity index (χ0v) is 34.2. The van der Waals surface area contributed by atoms with Gasteiger partial charge in [-0.15, -0.1) is 0 Å². The van der Waals surface area contributed by atoms with Gasteiger partial charge in [0.2, 0.25) is 0 Å². The van der Waals surface area contributed by atoms with Gasteiger partial charge in [-0.25, -0.2) is 0 Å². The first-order chi connectivity index (χ1) is 23.5. The summed E-state index contributed by atoms with van der Waals surface area (Å²) in [5.74, 6) is 0. The summed E-state index contributed by atoms with van der Waals surface area (Å²) in [5.41, 5.74) is 17.5. The molecule has 0 bridgehead atoms. The Bertz CT molecular complexity index is 1820. The molecule has 0 spiro atoms. The van der Waals surface area contributed by atoms with Crippen molar-refractivity contribution in [3.63, 3.8) is 0 Å². The molecule has 0 radical (unpaired) electrons. The van der Waals surface area contributed by atoms with Gasteiger partial charge in [-0.3, -0.25) is 0 Å². The predicted octanol–water partition coefficient (Wildman–Crippen LogP) is 13.4. The molecule has 48 heavy (non-hydrogen) atoms. The molecule has 0 N–H and O–H groups in total. The average molecular weight is 811 g/mol. The van der Waals surface area contributed by atoms with Crippen molar-refractivity contribution >= 4 is 20.2 Å². The molecule has 1 aliphatic heterocycles. The fraction of sp³-hybridized carbons (Fsp3) is 0.391. The third-order valence-electron chi connectivity index (χ3n) is 13.9. The standard InChI is InChI=1S/C44H46Si.2CH3.Hf/c1-3-31-15-5-11-23-39(31)41-25-13-17-33-27-37(29-43(33)41)45(35-19-7-8-20-35,36-21-9-10-22-36)38-28-34-18-14-26-42(44(34)30-38)40-24-12-6-16-32(40)4-2;;;/h5-6,11-18,23-30,35-36H,3-4,7-10,19-22H2,1-2H3;2*1H3;. The van der Waals surface area contributed by atoms with E-state index in [0.717, 1.165) is 23.9 Å². The van der Waals surface area contributed by atoms with Gasteiger partial charge in [0.15, 0.2) is 0 Å². The van der Waals surface area contributed by atoms with Crippen LogP contribution in [-0.2, 0) is 32.8 Å². The minimum atomic E-state index is -3.15. The third-order valence-corrected chi connectivity index (χ3v) is 37.7. The molecular formula is C46H52HfSi. The quantitative estimate of drug-likeness (QED) is 0.170. The van der Waals surface area contributed by atoms with Crippen molar-refractivity contribution in [2.75, 3.05) is 0 Å². The SMILES string of the molecule is CCc1ccccc1-c1cccc2c1C=C1[CH]2[Hf]([CH3])([CH3])[CH]2C(=Cc3c(-c4ccccc4CC)cccc32)[Si]1(C1CCCC1)C1CCCC1. The van der Waals surface area contributed by atoms with Crippen molar-refractivity contribution in [2.45, 2.75) is 106 Å². The van der Waals surface area contributed by atoms with Crippen molar-refractivity contribution in [3.8, 4) is 22.3 Å². The van der Waals surface area contributed by atoms with Gasteiger partial charge in [0.25, 0.3) is 0 Å². The summed E-state index contributed by atoms with van der Waals surface area (Å²) < 4.78 is 7.20. The van der Waals surface area contributed by atoms with Gasteiger partial charge in [0.05, 0.1) is 0 Å². The van der Waals surface area contributed by atoms with Crippen molar-refractivity contribution in [1.29, 1.82) is 0 Å². The summed E-state index contributed by atoms with van der Waals surface area (Å²) >= 11 is -3.15. The van der Waals surface area contributed by atoms with E-state index < -0.39 is 28.0 Å². The minimum absolute atomic E-state index is 0.716. The van der Waals surface area contributed by atoms with E-state index in [1.165, 1.54) is 84.7 Å². The van der Waals surface area contributed by atoms with E-state index in [1.807, 2.05) is 10.4 Å². The van der Waals surface area contributed by atoms with Crippen LogP contribution < -0.4 is 0 Å². The summed E-state index contributed by atoms with van der Waals surface area (Å²) in [6, 6.07) is 33.6. The first-order valence-electron chi connectivity index (χ1n) is 19.4. The van der Waals surface area contributed by atoms with Gasteiger partial charge in [0, 0.05) is 0 Å². The van der Waals surface area contributed by atoms with Crippen LogP contribution in [0.2, 0.25) is 20.4 Å². The third kappa shape index (κ3) is 4.40. The molecule has 4 aliphatic carbocycles. The predicted molar refractivity (Wildman–Crippen MR) is 206 cm³/mol. The maximum atomic E-state index is 2.92. The average Bonchev–Trinajstić information content (AvgIpc) is 3.95. The number of hydrogen-bond donors (Lipinski definition) is 0. The number of benzene rings is 4. The van der Waals surface area contributed by atoms with Crippen LogP contribution >= 0.6 is 0 Å². The molecule has 2 unspecified atom stereocenters. The zero-order valence-electron chi connectivity index (χ0n) is 29.6. The van der Waals surface area contributed by atoms with E-state index >= 15 is 0 Å². The van der Waals surface area contributed by atoms with Crippen molar-refractivity contribution in [1.82, 2.24) is 0 Å². The maximum absolute atomic E-state index is 3.15. The van der Waals surface area contributed by atoms with E-state index in [2.05, 4.69) is 120 Å². The molecule has 9 rings (SSSR count). The summed E-state index contributed by atoms with van der Waals surface area (Å²) in [6.45, 7) is 4.66. The molecule has 3 fully saturated rings. The Hall–Kier alpha value is -2.55. The zero-order chi connectivity index (χ0) is 32.6. The van der Waals surface area contributed by atoms with Crippen LogP contribution in [0.3, 0.4) is 0 Å². The molecule has 2 saturated carbocycles. The van der Waals surface area contributed by atoms with Crippen LogP contribution in [0.4, 0.5) is 0 Å². The van der Waals surface area contributed by atoms with Gasteiger partial charge in [0.1, 0.15) is 0 Å². The molecule has 0 aromatic heterocycles. The number of allylic oxidation sites excluding steroid dienone is 2. The van der Waals surface area contributed by atoms with Crippen molar-refractivity contribution < 1.29 is 20.0 Å². The van der Waals surface area contributed by atoms with Crippen LogP contribution in [0.25, 0.3) is 34.4 Å². The Morgan fingerprint density at radius 2 is 0.917 bits per heavy atom. The molecule has 4 aromatic carbocycles. The molecule has 0 nitrogen and oxygen atoms in total. The number of fused-ring (bicyclic) bond motifs is 6. The molecular weight excluding hydrogens is 759 g/mol. The summed E-state index contributed by atoms with van der Waals surface area (Å²) in [6.07, 6.45) is 19.7. The summed E-state index contributed by atoms with van der Waals surface area (Å²) in [7, 11) is -2.07. The van der Waals surface area contributed by atoms with Crippen LogP contribution in [0.5, 0.6) is 0 Å². The van der Waals surface area contributed by atoms with Crippen LogP contribution in [0.1, 0.15) is 106 Å². The molecule has 2 atom stereocenters. The molecule has 1 saturated heterocycles. The topological polar surface area (TPSA) is 0 Å². The molecule has 2 heteroatoms. The first kappa shape index (κ1) is 31.4. The van der Waals surface area contributed by atoms with Gasteiger partial charge in [-0.1, -0.05) is 0 Å². The van der Waals surface area contributed by atoms with E-state index in [9.17, 15) is 0 Å². The van der Waals surface area contributed by atoms with Crippen LogP contribution in [0.15, 0.2) is 95.3 Å². The van der Waals surface area contributed by atoms with E-state index in [4.69, 9.17) is 0 Å². The molecule has 5 aliphatic rings. The Labute approximate surface area is 295 Å². The summed E-state index contributed by atoms with van der Waals surface area (Å²) in [5, 5.41) is 4.07. The Morgan fingerprint density at radius 1 is 0.521 bits per heavy atom. The van der Waals surface area contributed by atoms with Crippen LogP contribution in [0, 0.1) is 0 Å². The second-order valence-corrected chi connectivity index (χ2v) is 38.1. The number of rotatable bonds is 6. The molecule has 1 heterocycles. The molecule has 4 aromatic rings. The van der Waals surface area contributed by atoms with Crippen molar-refractivity contribution in [3.05, 3.63) is 129 Å². The Kier molecular flexibility index (Phi) is 7.89. The normalized spacial score (nSPS) is 23.8. The summed E-state index contributed by atoms with van der Waals surface area (Å²) in [4.78, 5) is 0. The first-order valence-corrected chi connectivity index (χ1v) is 32.8. The van der Waals surface area contributed by atoms with E-state index in [1.54, 1.807) is 22.3 Å². The Balaban J connectivity index is 1.34. The van der Waals surface area contributed by atoms with Gasteiger partial charge in [-0.05, 0) is 0 Å². The van der Waals surface area contributed by atoms with Crippen molar-refractivity contribution in [2.24, 2.45) is 0 Å². The fourth-order valence-corrected chi connectivity index (χ4v) is 46.1. The number of hydrogen-bond acceptors (Lipinski definition) is 0. The van der Waals surface area contributed by atoms with Gasteiger partial charge >= 0.3 is 297 Å². The van der Waals surface area contributed by atoms with E-state index in [0.29, 0.717) is 7.35 Å². The second kappa shape index (κ2) is 12.0. The molecule has 0 amide bonds. The van der Waals surface area contributed by atoms with Crippen LogP contribution in [-0.4, -0.2) is 8.07 Å². The Morgan fingerprint density at radius 3 is 1.33 bits per heavy atom. The van der Waals surface area contributed by atoms with E-state index in [-0.39, 0.29) is 0 Å². The molecule has 244 valence electrons. The number of aryl methyl sites for hydroxylation is 2. The monoisotopic (exact) mass is 812 g/mol. The second-order valence-electron chi connectivity index (χ2n) is 16.4. The fourth-order valence-electron chi connectivity index (χ4n) is 12.1. The van der Waals surface area contributed by atoms with Gasteiger partial charge in [-0.2, -0.15) is 0 Å². The van der Waals surface area contributed by atoms with Gasteiger partial charge < -0.3 is 0 Å².